The molecule has 0 bridgehead atoms. The second-order valence-electron chi connectivity index (χ2n) is 7.20. The highest BCUT2D eigenvalue weighted by Crippen LogP contribution is 2.40. The molecule has 154 valence electrons. The van der Waals surface area contributed by atoms with Crippen LogP contribution >= 0.6 is 11.6 Å². The molecule has 1 aliphatic rings. The first-order valence-electron chi connectivity index (χ1n) is 9.79. The van der Waals surface area contributed by atoms with Gasteiger partial charge in [0, 0.05) is 16.3 Å². The Bertz CT molecular complexity index is 1010. The maximum atomic E-state index is 12.5. The molecule has 0 aliphatic carbocycles. The number of hydrogen-bond donors (Lipinski definition) is 2. The van der Waals surface area contributed by atoms with Crippen molar-refractivity contribution in [1.29, 1.82) is 0 Å². The van der Waals surface area contributed by atoms with Crippen molar-refractivity contribution in [3.63, 3.8) is 0 Å². The highest BCUT2D eigenvalue weighted by Gasteiger charge is 2.29. The van der Waals surface area contributed by atoms with Crippen molar-refractivity contribution in [3.8, 4) is 5.75 Å². The molecular weight excluding hydrogens is 400 g/mol. The minimum atomic E-state index is -0.450. The van der Waals surface area contributed by atoms with Crippen LogP contribution in [-0.2, 0) is 11.3 Å². The van der Waals surface area contributed by atoms with Crippen molar-refractivity contribution in [2.24, 2.45) is 0 Å². The molecule has 0 spiro atoms. The van der Waals surface area contributed by atoms with E-state index in [1.807, 2.05) is 72.8 Å². The van der Waals surface area contributed by atoms with Crippen LogP contribution in [0.4, 0.5) is 10.5 Å². The zero-order valence-corrected chi connectivity index (χ0v) is 17.4. The number of methoxy groups -OCH3 is 1. The van der Waals surface area contributed by atoms with E-state index in [1.54, 1.807) is 7.11 Å². The van der Waals surface area contributed by atoms with Gasteiger partial charge >= 0.3 is 6.09 Å². The van der Waals surface area contributed by atoms with Crippen molar-refractivity contribution in [3.05, 3.63) is 94.5 Å². The zero-order valence-electron chi connectivity index (χ0n) is 16.6. The number of halogens is 1. The molecule has 4 rings (SSSR count). The number of anilines is 1. The van der Waals surface area contributed by atoms with Crippen molar-refractivity contribution >= 4 is 23.4 Å². The average molecular weight is 423 g/mol. The Morgan fingerprint density at radius 3 is 2.60 bits per heavy atom. The van der Waals surface area contributed by atoms with E-state index in [-0.39, 0.29) is 18.7 Å². The molecule has 3 aromatic rings. The summed E-state index contributed by atoms with van der Waals surface area (Å²) in [5, 5.41) is 7.27. The molecule has 0 fully saturated rings. The standard InChI is InChI=1S/C24H23ClN2O3/c1-29-19-11-12-21-20(13-19)23(14-22(26-21)17-7-9-18(25)10-8-17)27-24(28)30-15-16-5-3-2-4-6-16/h2-13,22-23,26H,14-15H2,1H3,(H,27,28)/t22-,23-/m0/s1. The van der Waals surface area contributed by atoms with Crippen molar-refractivity contribution in [2.45, 2.75) is 25.1 Å². The zero-order chi connectivity index (χ0) is 20.9. The minimum absolute atomic E-state index is 0.0302. The van der Waals surface area contributed by atoms with Crippen LogP contribution in [0.1, 0.15) is 35.2 Å². The molecule has 2 atom stereocenters. The van der Waals surface area contributed by atoms with E-state index >= 15 is 0 Å². The molecule has 0 saturated heterocycles. The number of hydrogen-bond acceptors (Lipinski definition) is 4. The maximum Gasteiger partial charge on any atom is 0.407 e. The van der Waals surface area contributed by atoms with E-state index in [0.717, 1.165) is 28.1 Å². The summed E-state index contributed by atoms with van der Waals surface area (Å²) in [4.78, 5) is 12.5. The third-order valence-corrected chi connectivity index (χ3v) is 5.46. The molecule has 1 aliphatic heterocycles. The molecule has 1 amide bonds. The van der Waals surface area contributed by atoms with Gasteiger partial charge in [0.15, 0.2) is 0 Å². The summed E-state index contributed by atoms with van der Waals surface area (Å²) in [6, 6.07) is 23.0. The van der Waals surface area contributed by atoms with E-state index in [1.165, 1.54) is 0 Å². The average Bonchev–Trinajstić information content (AvgIpc) is 2.78. The summed E-state index contributed by atoms with van der Waals surface area (Å²) in [5.74, 6) is 0.741. The fraction of sp³-hybridized carbons (Fsp3) is 0.208. The minimum Gasteiger partial charge on any atom is -0.497 e. The van der Waals surface area contributed by atoms with Crippen LogP contribution in [0.5, 0.6) is 5.75 Å². The van der Waals surface area contributed by atoms with Crippen LogP contribution in [0.2, 0.25) is 5.02 Å². The Balaban J connectivity index is 1.53. The number of amides is 1. The Labute approximate surface area is 181 Å². The first-order valence-corrected chi connectivity index (χ1v) is 10.2. The molecule has 1 heterocycles. The summed E-state index contributed by atoms with van der Waals surface area (Å²) < 4.78 is 10.8. The van der Waals surface area contributed by atoms with Crippen molar-refractivity contribution < 1.29 is 14.3 Å². The monoisotopic (exact) mass is 422 g/mol. The van der Waals surface area contributed by atoms with E-state index in [9.17, 15) is 4.79 Å². The highest BCUT2D eigenvalue weighted by molar-refractivity contribution is 6.30. The number of carbonyl (C=O) groups is 1. The lowest BCUT2D eigenvalue weighted by atomic mass is 9.89. The smallest absolute Gasteiger partial charge is 0.407 e. The van der Waals surface area contributed by atoms with Crippen molar-refractivity contribution in [1.82, 2.24) is 5.32 Å². The Morgan fingerprint density at radius 1 is 1.10 bits per heavy atom. The van der Waals surface area contributed by atoms with Gasteiger partial charge < -0.3 is 20.1 Å². The quantitative estimate of drug-likeness (QED) is 0.539. The third kappa shape index (κ3) is 4.69. The van der Waals surface area contributed by atoms with Crippen LogP contribution in [0.3, 0.4) is 0 Å². The maximum absolute atomic E-state index is 12.5. The van der Waals surface area contributed by atoms with E-state index < -0.39 is 6.09 Å². The number of alkyl carbamates (subject to hydrolysis) is 1. The van der Waals surface area contributed by atoms with Crippen LogP contribution in [-0.4, -0.2) is 13.2 Å². The van der Waals surface area contributed by atoms with Gasteiger partial charge in [-0.3, -0.25) is 0 Å². The van der Waals surface area contributed by atoms with Gasteiger partial charge in [-0.2, -0.15) is 0 Å². The van der Waals surface area contributed by atoms with E-state index in [4.69, 9.17) is 21.1 Å². The SMILES string of the molecule is COc1ccc2c(c1)[C@@H](NC(=O)OCc1ccccc1)C[C@@H](c1ccc(Cl)cc1)N2. The number of fused-ring (bicyclic) bond motifs is 1. The summed E-state index contributed by atoms with van der Waals surface area (Å²) in [6.45, 7) is 0.225. The molecule has 5 nitrogen and oxygen atoms in total. The van der Waals surface area contributed by atoms with Gasteiger partial charge in [-0.25, -0.2) is 4.79 Å². The van der Waals surface area contributed by atoms with Gasteiger partial charge in [-0.15, -0.1) is 0 Å². The first-order chi connectivity index (χ1) is 14.6. The molecule has 6 heteroatoms. The third-order valence-electron chi connectivity index (χ3n) is 5.21. The second-order valence-corrected chi connectivity index (χ2v) is 7.63. The number of rotatable bonds is 5. The lowest BCUT2D eigenvalue weighted by Gasteiger charge is -2.34. The molecular formula is C24H23ClN2O3. The van der Waals surface area contributed by atoms with Gasteiger partial charge in [0.2, 0.25) is 0 Å². The largest absolute Gasteiger partial charge is 0.497 e. The van der Waals surface area contributed by atoms with Gasteiger partial charge in [0.05, 0.1) is 19.2 Å². The molecule has 3 aromatic carbocycles. The number of ether oxygens (including phenoxy) is 2. The van der Waals surface area contributed by atoms with Crippen LogP contribution < -0.4 is 15.4 Å². The molecule has 0 saturated carbocycles. The first kappa shape index (κ1) is 20.1. The Hall–Kier alpha value is -3.18. The van der Waals surface area contributed by atoms with Crippen LogP contribution in [0, 0.1) is 0 Å². The molecule has 30 heavy (non-hydrogen) atoms. The Kier molecular flexibility index (Phi) is 6.10. The van der Waals surface area contributed by atoms with Crippen molar-refractivity contribution in [2.75, 3.05) is 12.4 Å². The molecule has 0 radical (unpaired) electrons. The number of benzene rings is 3. The van der Waals surface area contributed by atoms with E-state index in [2.05, 4.69) is 10.6 Å². The fourth-order valence-electron chi connectivity index (χ4n) is 3.66. The number of nitrogens with one attached hydrogen (secondary N) is 2. The molecule has 0 unspecified atom stereocenters. The lowest BCUT2D eigenvalue weighted by Crippen LogP contribution is -2.34. The summed E-state index contributed by atoms with van der Waals surface area (Å²) in [5.41, 5.74) is 3.97. The lowest BCUT2D eigenvalue weighted by molar-refractivity contribution is 0.134. The van der Waals surface area contributed by atoms with E-state index in [0.29, 0.717) is 11.4 Å². The summed E-state index contributed by atoms with van der Waals surface area (Å²) >= 11 is 6.04. The van der Waals surface area contributed by atoms with Gasteiger partial charge in [-0.1, -0.05) is 54.1 Å². The summed E-state index contributed by atoms with van der Waals surface area (Å²) in [6.07, 6.45) is 0.219. The normalized spacial score (nSPS) is 17.4. The molecule has 2 N–H and O–H groups in total. The predicted octanol–water partition coefficient (Wildman–Crippen LogP) is 5.87. The van der Waals surface area contributed by atoms with Crippen LogP contribution in [0.25, 0.3) is 0 Å². The Morgan fingerprint density at radius 2 is 1.87 bits per heavy atom. The highest BCUT2D eigenvalue weighted by atomic mass is 35.5. The predicted molar refractivity (Wildman–Crippen MR) is 118 cm³/mol. The second kappa shape index (κ2) is 9.09. The summed E-state index contributed by atoms with van der Waals surface area (Å²) in [7, 11) is 1.63. The number of carbonyl (C=O) groups excluding carboxylic acids is 1. The van der Waals surface area contributed by atoms with Gasteiger partial charge in [-0.05, 0) is 47.9 Å². The molecule has 0 aromatic heterocycles. The topological polar surface area (TPSA) is 59.6 Å². The fourth-order valence-corrected chi connectivity index (χ4v) is 3.78. The van der Waals surface area contributed by atoms with Gasteiger partial charge in [0.25, 0.3) is 0 Å². The van der Waals surface area contributed by atoms with Gasteiger partial charge in [0.1, 0.15) is 12.4 Å². The van der Waals surface area contributed by atoms with Crippen LogP contribution in [0.15, 0.2) is 72.8 Å².